The molecule has 0 N–H and O–H groups in total. The summed E-state index contributed by atoms with van der Waals surface area (Å²) in [6.45, 7) is 0. The molecule has 16 heteroatoms. The van der Waals surface area contributed by atoms with E-state index in [1.165, 1.54) is 53.2 Å². The number of hydrogen-bond acceptors (Lipinski definition) is 7. The molecule has 0 atom stereocenters. The molecular formula is C120H63N15S. The van der Waals surface area contributed by atoms with Crippen LogP contribution in [-0.4, -0.2) is 69.5 Å². The second kappa shape index (κ2) is 25.0. The summed E-state index contributed by atoms with van der Waals surface area (Å²) in [6.07, 6.45) is 0. The quantitative estimate of drug-likeness (QED) is 0.157. The van der Waals surface area contributed by atoms with Crippen molar-refractivity contribution in [2.75, 3.05) is 0 Å². The predicted octanol–water partition coefficient (Wildman–Crippen LogP) is 30.0. The highest BCUT2D eigenvalue weighted by atomic mass is 32.1. The normalized spacial score (nSPS) is 12.9. The Kier molecular flexibility index (Phi) is 13.0. The van der Waals surface area contributed by atoms with Gasteiger partial charge < -0.3 is 0 Å². The van der Waals surface area contributed by atoms with Gasteiger partial charge in [-0.3, -0.25) is 26.4 Å². The Bertz CT molecular complexity index is 11400. The van der Waals surface area contributed by atoms with Gasteiger partial charge in [0.1, 0.15) is 16.6 Å². The fourth-order valence-corrected chi connectivity index (χ4v) is 24.7. The van der Waals surface area contributed by atoms with Crippen LogP contribution in [0.2, 0.25) is 0 Å². The molecule has 0 unspecified atom stereocenters. The number of hydrogen-bond donors (Lipinski definition) is 0. The standard InChI is InChI=1S/C120H63N15S/c1-3-14-64(15-4-1)66-26-28-67(29-27-66)87-58-104-112-105(59-87)130-101-55-84-42-75(77-33-37-82-51-97-103(57-86(82)44-77)132-109-63-89(78-38-39-111-91(45-78)90-24-11-12-25-110(90)136-111)62-108-114(109)135(120(132)126-97)116-122-93-47-71-19-8-10-21-73(71)53-99(93)128(108)116)31-35-80(84)49-95(101)124-118(130)133(112)117-123-94-48-79-34-30-74(41-83(79)54-100(94)129(104)117)76-32-36-81-50-96-102(56-85(81)43-76)131-107-61-88(69-23-13-22-68(40-69)65-16-5-2-6-17-65)60-106-113(107)134(119(131)125-96)115-121-92-46-70-18-7-9-20-72(70)52-98(92)127(106)115/h1-63H. The van der Waals surface area contributed by atoms with Crippen molar-refractivity contribution in [3.63, 3.8) is 0 Å². The first-order chi connectivity index (χ1) is 67.3. The van der Waals surface area contributed by atoms with Crippen molar-refractivity contribution in [1.29, 1.82) is 0 Å². The summed E-state index contributed by atoms with van der Waals surface area (Å²) < 4.78 is 23.7. The second-order valence-electron chi connectivity index (χ2n) is 37.3. The maximum atomic E-state index is 5.65. The van der Waals surface area contributed by atoms with E-state index < -0.39 is 0 Å². The van der Waals surface area contributed by atoms with Crippen molar-refractivity contribution in [2.24, 2.45) is 0 Å². The zero-order valence-corrected chi connectivity index (χ0v) is 72.8. The van der Waals surface area contributed by atoms with Gasteiger partial charge in [-0.2, -0.15) is 0 Å². The number of nitrogens with zero attached hydrogens (tertiary/aromatic N) is 15. The average Bonchev–Trinajstić information content (AvgIpc) is 1.52. The summed E-state index contributed by atoms with van der Waals surface area (Å²) in [5, 5.41) is 16.2. The monoisotopic (exact) mass is 1750 g/mol. The van der Waals surface area contributed by atoms with Crippen molar-refractivity contribution < 1.29 is 0 Å². The van der Waals surface area contributed by atoms with Crippen LogP contribution in [0.15, 0.2) is 382 Å². The maximum Gasteiger partial charge on any atom is 0.223 e. The van der Waals surface area contributed by atoms with Crippen LogP contribution in [0.5, 0.6) is 0 Å². The Hall–Kier alpha value is -18.4. The molecule has 0 aliphatic carbocycles. The fourth-order valence-electron chi connectivity index (χ4n) is 23.6. The second-order valence-corrected chi connectivity index (χ2v) is 38.3. The fraction of sp³-hybridized carbons (Fsp3) is 0. The molecular weight excluding hydrogens is 1680 g/mol. The summed E-state index contributed by atoms with van der Waals surface area (Å²) in [5.41, 5.74) is 37.5. The third-order valence-electron chi connectivity index (χ3n) is 29.9. The van der Waals surface area contributed by atoms with E-state index in [9.17, 15) is 0 Å². The number of thiophene rings is 1. The summed E-state index contributed by atoms with van der Waals surface area (Å²) in [7, 11) is 0. The van der Waals surface area contributed by atoms with E-state index in [-0.39, 0.29) is 0 Å². The molecule has 34 rings (SSSR count). The first kappa shape index (κ1) is 70.5. The van der Waals surface area contributed by atoms with E-state index in [0.29, 0.717) is 0 Å². The zero-order chi connectivity index (χ0) is 87.6. The van der Waals surface area contributed by atoms with E-state index in [1.807, 2.05) is 11.3 Å². The van der Waals surface area contributed by atoms with Crippen LogP contribution in [0.1, 0.15) is 0 Å². The Morgan fingerprint density at radius 1 is 0.140 bits per heavy atom. The molecule has 0 saturated carbocycles. The molecule has 21 aromatic carbocycles. The van der Waals surface area contributed by atoms with Crippen LogP contribution in [0.4, 0.5) is 0 Å². The summed E-state index contributed by atoms with van der Waals surface area (Å²) in [6, 6.07) is 141. The molecule has 0 bridgehead atoms. The summed E-state index contributed by atoms with van der Waals surface area (Å²) >= 11 is 1.85. The minimum absolute atomic E-state index is 0.810. The highest BCUT2D eigenvalue weighted by Crippen LogP contribution is 2.48. The first-order valence-corrected chi connectivity index (χ1v) is 47.0. The van der Waals surface area contributed by atoms with Gasteiger partial charge in [0.25, 0.3) is 0 Å². The van der Waals surface area contributed by atoms with Gasteiger partial charge in [-0.05, 0) is 300 Å². The van der Waals surface area contributed by atoms with Crippen LogP contribution in [0.3, 0.4) is 0 Å². The van der Waals surface area contributed by atoms with Crippen LogP contribution < -0.4 is 0 Å². The number of aromatic nitrogens is 15. The van der Waals surface area contributed by atoms with Crippen molar-refractivity contribution >= 4 is 247 Å². The van der Waals surface area contributed by atoms with Crippen molar-refractivity contribution in [2.45, 2.75) is 0 Å². The topological polar surface area (TPSA) is 117 Å². The van der Waals surface area contributed by atoms with Crippen molar-refractivity contribution in [3.8, 4) is 77.9 Å². The molecule has 0 aliphatic rings. The molecule has 13 aromatic heterocycles. The average molecular weight is 1750 g/mol. The highest BCUT2D eigenvalue weighted by molar-refractivity contribution is 7.25. The molecule has 136 heavy (non-hydrogen) atoms. The third-order valence-corrected chi connectivity index (χ3v) is 31.1. The molecule has 0 aliphatic heterocycles. The molecule has 15 nitrogen and oxygen atoms in total. The molecule has 0 spiro atoms. The number of benzene rings is 21. The number of imidazole rings is 12. The van der Waals surface area contributed by atoms with Crippen LogP contribution in [-0.2, 0) is 0 Å². The predicted molar refractivity (Wildman–Crippen MR) is 559 cm³/mol. The van der Waals surface area contributed by atoms with Gasteiger partial charge in [0.2, 0.25) is 34.7 Å². The lowest BCUT2D eigenvalue weighted by Crippen LogP contribution is -1.89. The Labute approximate surface area is 770 Å². The molecule has 13 heterocycles. The maximum absolute atomic E-state index is 5.65. The van der Waals surface area contributed by atoms with Gasteiger partial charge >= 0.3 is 0 Å². The lowest BCUT2D eigenvalue weighted by molar-refractivity contribution is 1.15. The Balaban J connectivity index is 0.511. The van der Waals surface area contributed by atoms with E-state index in [2.05, 4.69) is 422 Å². The smallest absolute Gasteiger partial charge is 0.223 e. The molecule has 624 valence electrons. The number of fused-ring (bicyclic) bond motifs is 39. The van der Waals surface area contributed by atoms with Crippen LogP contribution in [0.25, 0.3) is 313 Å². The lowest BCUT2D eigenvalue weighted by Gasteiger charge is -2.09. The van der Waals surface area contributed by atoms with Gasteiger partial charge in [-0.25, -0.2) is 43.1 Å². The van der Waals surface area contributed by atoms with E-state index in [4.69, 9.17) is 29.9 Å². The summed E-state index contributed by atoms with van der Waals surface area (Å²) in [5.74, 6) is 4.97. The SMILES string of the molecule is c1ccc(-c2ccc(-c3cc4c5c(c3)n3c6cc7cc(-c8ccc9cc%10nc%11n(c%10cc9c8)c8cc(-c9ccc%10sc%12ccccc%12c%10c9)cc9c8n%11c8nc%10cc%11ccccc%11cc%10n98)ccc7cc6nc3n5c3nc5cc6ccc(-c7ccc8cc9nc%10n(c9cc8c7)c7cc(-c8cccc(-c9ccccc9)c8)cc8c7n%10c7nc9cc%10ccccc%10cc9n87)cc6cc5n43)cc2)cc1. The van der Waals surface area contributed by atoms with Crippen LogP contribution >= 0.6 is 11.3 Å². The van der Waals surface area contributed by atoms with E-state index in [1.54, 1.807) is 0 Å². The minimum atomic E-state index is 0.810. The Morgan fingerprint density at radius 2 is 0.382 bits per heavy atom. The van der Waals surface area contributed by atoms with E-state index in [0.717, 1.165) is 260 Å². The van der Waals surface area contributed by atoms with Crippen molar-refractivity contribution in [1.82, 2.24) is 69.5 Å². The molecule has 0 saturated heterocycles. The Morgan fingerprint density at radius 3 is 0.750 bits per heavy atom. The lowest BCUT2D eigenvalue weighted by atomic mass is 9.98. The van der Waals surface area contributed by atoms with Crippen LogP contribution in [0, 0.1) is 0 Å². The summed E-state index contributed by atoms with van der Waals surface area (Å²) in [4.78, 5) is 33.4. The largest absolute Gasteiger partial charge is 0.276 e. The molecule has 34 aromatic rings. The van der Waals surface area contributed by atoms with E-state index >= 15 is 0 Å². The molecule has 0 fully saturated rings. The zero-order valence-electron chi connectivity index (χ0n) is 72.0. The first-order valence-electron chi connectivity index (χ1n) is 46.2. The van der Waals surface area contributed by atoms with Gasteiger partial charge in [-0.15, -0.1) is 11.3 Å². The van der Waals surface area contributed by atoms with Gasteiger partial charge in [-0.1, -0.05) is 224 Å². The highest BCUT2D eigenvalue weighted by Gasteiger charge is 2.31. The molecule has 0 amide bonds. The minimum Gasteiger partial charge on any atom is -0.276 e. The number of rotatable bonds is 7. The van der Waals surface area contributed by atoms with Gasteiger partial charge in [0.15, 0.2) is 0 Å². The third kappa shape index (κ3) is 9.32. The van der Waals surface area contributed by atoms with Gasteiger partial charge in [0, 0.05) is 20.2 Å². The molecule has 0 radical (unpaired) electrons. The van der Waals surface area contributed by atoms with Crippen molar-refractivity contribution in [3.05, 3.63) is 382 Å². The van der Waals surface area contributed by atoms with Gasteiger partial charge in [0.05, 0.1) is 99.3 Å².